The van der Waals surface area contributed by atoms with Crippen molar-refractivity contribution in [3.63, 3.8) is 0 Å². The molecule has 1 rings (SSSR count). The minimum absolute atomic E-state index is 0.125. The monoisotopic (exact) mass is 430 g/mol. The molecule has 0 unspecified atom stereocenters. The van der Waals surface area contributed by atoms with Crippen LogP contribution in [0.5, 0.6) is 0 Å². The topological polar surface area (TPSA) is 67.8 Å². The average Bonchev–Trinajstić information content (AvgIpc) is 2.67. The van der Waals surface area contributed by atoms with Gasteiger partial charge in [-0.1, -0.05) is 84.3 Å². The lowest BCUT2D eigenvalue weighted by Gasteiger charge is -2.39. The summed E-state index contributed by atoms with van der Waals surface area (Å²) in [6, 6.07) is 0. The zero-order valence-corrected chi connectivity index (χ0v) is 20.0. The molecule has 5 nitrogen and oxygen atoms in total. The first-order valence-corrected chi connectivity index (χ1v) is 13.3. The van der Waals surface area contributed by atoms with Crippen LogP contribution in [0.25, 0.3) is 0 Å². The molecule has 171 valence electrons. The predicted octanol–water partition coefficient (Wildman–Crippen LogP) is 6.88. The van der Waals surface area contributed by atoms with Crippen molar-refractivity contribution in [2.45, 2.75) is 111 Å². The van der Waals surface area contributed by atoms with Crippen LogP contribution in [0.1, 0.15) is 111 Å². The van der Waals surface area contributed by atoms with Gasteiger partial charge in [0.05, 0.1) is 13.2 Å². The van der Waals surface area contributed by atoms with E-state index in [0.29, 0.717) is 19.6 Å². The number of allylic oxidation sites excluding steroid dienone is 2. The van der Waals surface area contributed by atoms with E-state index in [1.54, 1.807) is 0 Å². The van der Waals surface area contributed by atoms with Gasteiger partial charge < -0.3 is 13.9 Å². The number of rotatable bonds is 16. The molecule has 0 bridgehead atoms. The van der Waals surface area contributed by atoms with E-state index in [1.807, 2.05) is 13.8 Å². The third-order valence-corrected chi connectivity index (χ3v) is 6.68. The first kappa shape index (κ1) is 26.6. The molecule has 1 aliphatic rings. The van der Waals surface area contributed by atoms with E-state index in [-0.39, 0.29) is 11.3 Å². The third kappa shape index (κ3) is 14.2. The van der Waals surface area contributed by atoms with Crippen molar-refractivity contribution in [2.24, 2.45) is 5.41 Å². The Hall–Kier alpha value is -0.480. The Morgan fingerprint density at radius 3 is 1.93 bits per heavy atom. The second-order valence-corrected chi connectivity index (χ2v) is 10.9. The number of amides is 1. The largest absolute Gasteiger partial charge is 0.337 e. The molecule has 1 aliphatic heterocycles. The summed E-state index contributed by atoms with van der Waals surface area (Å²) < 4.78 is 10.8. The summed E-state index contributed by atoms with van der Waals surface area (Å²) in [5.74, 6) is -0.182. The summed E-state index contributed by atoms with van der Waals surface area (Å²) in [7, 11) is -3.20. The van der Waals surface area contributed by atoms with Gasteiger partial charge in [-0.05, 0) is 32.1 Å². The van der Waals surface area contributed by atoms with Crippen LogP contribution in [-0.4, -0.2) is 24.0 Å². The fraction of sp³-hybridized carbons (Fsp3) is 0.870. The van der Waals surface area contributed by atoms with Gasteiger partial charge in [0.2, 0.25) is 5.91 Å². The Morgan fingerprint density at radius 2 is 1.38 bits per heavy atom. The number of carbonyl (C=O) groups is 1. The minimum atomic E-state index is -3.20. The predicted molar refractivity (Wildman–Crippen MR) is 122 cm³/mol. The Labute approximate surface area is 179 Å². The van der Waals surface area contributed by atoms with Crippen LogP contribution < -0.4 is 5.09 Å². The van der Waals surface area contributed by atoms with Gasteiger partial charge in [0.25, 0.3) is 0 Å². The second kappa shape index (κ2) is 15.3. The van der Waals surface area contributed by atoms with E-state index in [0.717, 1.165) is 19.3 Å². The van der Waals surface area contributed by atoms with Crippen LogP contribution in [-0.2, 0) is 13.8 Å². The number of carbonyl (C=O) groups excluding carboxylic acids is 1. The van der Waals surface area contributed by atoms with Crippen molar-refractivity contribution in [3.8, 4) is 0 Å². The summed E-state index contributed by atoms with van der Waals surface area (Å²) in [5, 5.41) is 2.56. The van der Waals surface area contributed by atoms with Gasteiger partial charge in [0.15, 0.2) is 0 Å². The molecule has 6 heteroatoms. The van der Waals surface area contributed by atoms with Crippen molar-refractivity contribution >= 4 is 14.0 Å². The van der Waals surface area contributed by atoms with Gasteiger partial charge >= 0.3 is 8.09 Å². The van der Waals surface area contributed by atoms with Gasteiger partial charge in [0, 0.05) is 11.8 Å². The van der Waals surface area contributed by atoms with Crippen molar-refractivity contribution in [1.82, 2.24) is 5.09 Å². The standard InChI is InChI=1S/C23H45NO4P/c1-4-5-6-7-8-9-10-11-12-13-14-15-16-17-18-19-22(25)24-29(26)27-20-23(2,3)21-28-29/h11-12,26H,4-10,13-21H2,1-3H3,(H,24,25). The first-order valence-electron chi connectivity index (χ1n) is 11.7. The Kier molecular flexibility index (Phi) is 14.0. The normalized spacial score (nSPS) is 18.2. The van der Waals surface area contributed by atoms with Crippen LogP contribution in [0.3, 0.4) is 0 Å². The van der Waals surface area contributed by atoms with Crippen molar-refractivity contribution in [1.29, 1.82) is 0 Å². The maximum atomic E-state index is 12.0. The van der Waals surface area contributed by atoms with Crippen molar-refractivity contribution in [2.75, 3.05) is 13.2 Å². The summed E-state index contributed by atoms with van der Waals surface area (Å²) in [6.07, 6.45) is 21.1. The molecule has 1 amide bonds. The average molecular weight is 431 g/mol. The molecule has 0 aromatic heterocycles. The highest BCUT2D eigenvalue weighted by Gasteiger charge is 2.39. The van der Waals surface area contributed by atoms with Crippen LogP contribution in [0, 0.1) is 5.41 Å². The molecular weight excluding hydrogens is 385 g/mol. The summed E-state index contributed by atoms with van der Waals surface area (Å²) >= 11 is 0. The van der Waals surface area contributed by atoms with Crippen LogP contribution in [0.15, 0.2) is 12.2 Å². The highest BCUT2D eigenvalue weighted by molar-refractivity contribution is 7.59. The number of nitrogens with one attached hydrogen (secondary N) is 1. The SMILES string of the molecule is CCCCCCCCC=CCCCCCCCC(=O)N[P]1(O)OCC(C)(C)CO1. The first-order chi connectivity index (χ1) is 13.9. The molecule has 0 aromatic rings. The number of hydrogen-bond donors (Lipinski definition) is 2. The van der Waals surface area contributed by atoms with E-state index < -0.39 is 8.09 Å². The summed E-state index contributed by atoms with van der Waals surface area (Å²) in [4.78, 5) is 22.2. The highest BCUT2D eigenvalue weighted by atomic mass is 31.2. The molecule has 2 N–H and O–H groups in total. The Bertz CT molecular complexity index is 458. The Balaban J connectivity index is 1.90. The van der Waals surface area contributed by atoms with E-state index in [9.17, 15) is 9.69 Å². The van der Waals surface area contributed by atoms with Gasteiger partial charge in [-0.2, -0.15) is 0 Å². The fourth-order valence-corrected chi connectivity index (χ4v) is 4.92. The van der Waals surface area contributed by atoms with E-state index in [1.165, 1.54) is 64.2 Å². The van der Waals surface area contributed by atoms with Crippen LogP contribution >= 0.6 is 8.09 Å². The third-order valence-electron chi connectivity index (χ3n) is 5.19. The molecule has 1 heterocycles. The van der Waals surface area contributed by atoms with Crippen LogP contribution in [0.4, 0.5) is 0 Å². The lowest BCUT2D eigenvalue weighted by molar-refractivity contribution is -0.120. The molecule has 0 aromatic carbocycles. The molecule has 0 spiro atoms. The highest BCUT2D eigenvalue weighted by Crippen LogP contribution is 2.57. The van der Waals surface area contributed by atoms with Crippen molar-refractivity contribution < 1.29 is 18.7 Å². The lowest BCUT2D eigenvalue weighted by Crippen LogP contribution is -2.37. The van der Waals surface area contributed by atoms with Crippen molar-refractivity contribution in [3.05, 3.63) is 12.2 Å². The molecule has 0 aliphatic carbocycles. The van der Waals surface area contributed by atoms with E-state index in [4.69, 9.17) is 9.05 Å². The van der Waals surface area contributed by atoms with Gasteiger partial charge in [-0.25, -0.2) is 0 Å². The number of hydrogen-bond acceptors (Lipinski definition) is 4. The van der Waals surface area contributed by atoms with E-state index in [2.05, 4.69) is 24.2 Å². The molecule has 29 heavy (non-hydrogen) atoms. The van der Waals surface area contributed by atoms with Gasteiger partial charge in [0.1, 0.15) is 0 Å². The second-order valence-electron chi connectivity index (χ2n) is 9.10. The molecular formula is C23H45NO4P. The summed E-state index contributed by atoms with van der Waals surface area (Å²) in [5.41, 5.74) is -0.125. The number of unbranched alkanes of at least 4 members (excludes halogenated alkanes) is 11. The maximum absolute atomic E-state index is 12.0. The zero-order valence-electron chi connectivity index (χ0n) is 19.1. The van der Waals surface area contributed by atoms with Gasteiger partial charge in [-0.15, -0.1) is 0 Å². The smallest absolute Gasteiger partial charge is 0.319 e. The van der Waals surface area contributed by atoms with Crippen LogP contribution in [0.2, 0.25) is 0 Å². The molecule has 1 fully saturated rings. The maximum Gasteiger partial charge on any atom is 0.337 e. The van der Waals surface area contributed by atoms with Gasteiger partial charge in [-0.3, -0.25) is 9.88 Å². The fourth-order valence-electron chi connectivity index (χ4n) is 3.24. The quantitative estimate of drug-likeness (QED) is 0.159. The zero-order chi connectivity index (χ0) is 21.4. The molecule has 1 radical (unpaired) electrons. The lowest BCUT2D eigenvalue weighted by atomic mass is 9.97. The molecule has 0 atom stereocenters. The molecule has 1 saturated heterocycles. The minimum Gasteiger partial charge on any atom is -0.319 e. The summed E-state index contributed by atoms with van der Waals surface area (Å²) in [6.45, 7) is 7.05. The molecule has 0 saturated carbocycles. The Morgan fingerprint density at radius 1 is 0.897 bits per heavy atom. The van der Waals surface area contributed by atoms with E-state index >= 15 is 0 Å².